The van der Waals surface area contributed by atoms with Gasteiger partial charge in [-0.1, -0.05) is 18.9 Å². The Balaban J connectivity index is 1.68. The molecule has 1 saturated heterocycles. The topological polar surface area (TPSA) is 75.4 Å². The fraction of sp³-hybridized carbons (Fsp3) is 0.333. The van der Waals surface area contributed by atoms with Crippen molar-refractivity contribution in [3.05, 3.63) is 59.2 Å². The molecule has 2 aromatic carbocycles. The van der Waals surface area contributed by atoms with E-state index in [9.17, 15) is 9.59 Å². The first-order chi connectivity index (χ1) is 12.5. The number of nitrogens with zero attached hydrogens (tertiary/aromatic N) is 1. The fourth-order valence-corrected chi connectivity index (χ4v) is 3.24. The second-order valence-corrected chi connectivity index (χ2v) is 6.81. The molecule has 5 nitrogen and oxygen atoms in total. The monoisotopic (exact) mass is 351 g/mol. The molecule has 2 amide bonds. The van der Waals surface area contributed by atoms with E-state index < -0.39 is 0 Å². The van der Waals surface area contributed by atoms with Crippen molar-refractivity contribution < 1.29 is 9.59 Å². The zero-order valence-electron chi connectivity index (χ0n) is 15.1. The Kier molecular flexibility index (Phi) is 5.56. The number of anilines is 2. The molecule has 1 aliphatic rings. The molecule has 0 aromatic heterocycles. The summed E-state index contributed by atoms with van der Waals surface area (Å²) in [5, 5.41) is 2.86. The van der Waals surface area contributed by atoms with Crippen LogP contribution in [0.25, 0.3) is 0 Å². The lowest BCUT2D eigenvalue weighted by Crippen LogP contribution is -2.31. The zero-order chi connectivity index (χ0) is 18.5. The lowest BCUT2D eigenvalue weighted by Gasteiger charge is -2.20. The largest absolute Gasteiger partial charge is 0.399 e. The first kappa shape index (κ1) is 18.0. The van der Waals surface area contributed by atoms with Crippen LogP contribution in [0.5, 0.6) is 0 Å². The lowest BCUT2D eigenvalue weighted by molar-refractivity contribution is 0.0761. The number of nitrogens with one attached hydrogen (secondary N) is 1. The molecule has 0 saturated carbocycles. The normalized spacial score (nSPS) is 14.6. The van der Waals surface area contributed by atoms with Gasteiger partial charge in [-0.15, -0.1) is 0 Å². The van der Waals surface area contributed by atoms with E-state index in [1.165, 1.54) is 12.8 Å². The lowest BCUT2D eigenvalue weighted by atomic mass is 10.1. The Morgan fingerprint density at radius 1 is 0.962 bits per heavy atom. The van der Waals surface area contributed by atoms with Crippen molar-refractivity contribution in [3.63, 3.8) is 0 Å². The van der Waals surface area contributed by atoms with Crippen molar-refractivity contribution in [1.82, 2.24) is 4.90 Å². The summed E-state index contributed by atoms with van der Waals surface area (Å²) < 4.78 is 0. The molecular formula is C21H25N3O2. The quantitative estimate of drug-likeness (QED) is 0.825. The summed E-state index contributed by atoms with van der Waals surface area (Å²) in [6, 6.07) is 12.4. The third-order valence-corrected chi connectivity index (χ3v) is 4.79. The van der Waals surface area contributed by atoms with Gasteiger partial charge in [0.25, 0.3) is 11.8 Å². The summed E-state index contributed by atoms with van der Waals surface area (Å²) in [4.78, 5) is 27.0. The molecule has 136 valence electrons. The van der Waals surface area contributed by atoms with E-state index in [4.69, 9.17) is 5.73 Å². The summed E-state index contributed by atoms with van der Waals surface area (Å²) in [7, 11) is 0. The molecule has 0 atom stereocenters. The SMILES string of the molecule is Cc1ccc(N)cc1C(=O)Nc1ccc(C(=O)N2CCCCCC2)cc1. The highest BCUT2D eigenvalue weighted by atomic mass is 16.2. The van der Waals surface area contributed by atoms with Crippen LogP contribution in [-0.2, 0) is 0 Å². The Labute approximate surface area is 154 Å². The summed E-state index contributed by atoms with van der Waals surface area (Å²) in [5.41, 5.74) is 9.06. The third kappa shape index (κ3) is 4.23. The van der Waals surface area contributed by atoms with E-state index in [1.807, 2.05) is 17.9 Å². The standard InChI is InChI=1S/C21H25N3O2/c1-15-6-9-17(22)14-19(15)20(25)23-18-10-7-16(8-11-18)21(26)24-12-4-2-3-5-13-24/h6-11,14H,2-5,12-13,22H2,1H3,(H,23,25). The summed E-state index contributed by atoms with van der Waals surface area (Å²) in [6.45, 7) is 3.52. The van der Waals surface area contributed by atoms with Gasteiger partial charge in [0.2, 0.25) is 0 Å². The van der Waals surface area contributed by atoms with Gasteiger partial charge in [0.1, 0.15) is 0 Å². The van der Waals surface area contributed by atoms with Crippen molar-refractivity contribution in [1.29, 1.82) is 0 Å². The Morgan fingerprint density at radius 3 is 2.27 bits per heavy atom. The van der Waals surface area contributed by atoms with Crippen molar-refractivity contribution in [2.24, 2.45) is 0 Å². The number of carbonyl (C=O) groups excluding carboxylic acids is 2. The van der Waals surface area contributed by atoms with Crippen LogP contribution in [-0.4, -0.2) is 29.8 Å². The van der Waals surface area contributed by atoms with Crippen LogP contribution in [0, 0.1) is 6.92 Å². The number of nitrogens with two attached hydrogens (primary N) is 1. The van der Waals surface area contributed by atoms with E-state index in [-0.39, 0.29) is 11.8 Å². The molecule has 5 heteroatoms. The van der Waals surface area contributed by atoms with Crippen molar-refractivity contribution >= 4 is 23.2 Å². The summed E-state index contributed by atoms with van der Waals surface area (Å²) in [5.74, 6) is -0.141. The molecule has 2 aromatic rings. The van der Waals surface area contributed by atoms with Crippen molar-refractivity contribution in [3.8, 4) is 0 Å². The number of amides is 2. The van der Waals surface area contributed by atoms with Gasteiger partial charge in [-0.2, -0.15) is 0 Å². The van der Waals surface area contributed by atoms with Gasteiger partial charge in [0.05, 0.1) is 0 Å². The Bertz CT molecular complexity index is 791. The molecule has 0 radical (unpaired) electrons. The molecule has 1 aliphatic heterocycles. The first-order valence-corrected chi connectivity index (χ1v) is 9.11. The highest BCUT2D eigenvalue weighted by Crippen LogP contribution is 2.18. The number of benzene rings is 2. The van der Waals surface area contributed by atoms with Crippen molar-refractivity contribution in [2.75, 3.05) is 24.1 Å². The molecule has 1 fully saturated rings. The number of aryl methyl sites for hydroxylation is 1. The van der Waals surface area contributed by atoms with Gasteiger partial charge < -0.3 is 16.0 Å². The van der Waals surface area contributed by atoms with Crippen LogP contribution in [0.4, 0.5) is 11.4 Å². The molecule has 26 heavy (non-hydrogen) atoms. The van der Waals surface area contributed by atoms with Gasteiger partial charge in [-0.25, -0.2) is 0 Å². The molecule has 1 heterocycles. The van der Waals surface area contributed by atoms with Gasteiger partial charge >= 0.3 is 0 Å². The first-order valence-electron chi connectivity index (χ1n) is 9.11. The number of nitrogen functional groups attached to an aromatic ring is 1. The van der Waals surface area contributed by atoms with Gasteiger partial charge in [0.15, 0.2) is 0 Å². The van der Waals surface area contributed by atoms with Crippen LogP contribution in [0.3, 0.4) is 0 Å². The number of carbonyl (C=O) groups is 2. The maximum atomic E-state index is 12.6. The summed E-state index contributed by atoms with van der Waals surface area (Å²) >= 11 is 0. The van der Waals surface area contributed by atoms with Gasteiger partial charge in [-0.3, -0.25) is 9.59 Å². The van der Waals surface area contributed by atoms with Gasteiger partial charge in [0, 0.05) is 35.6 Å². The van der Waals surface area contributed by atoms with Crippen LogP contribution >= 0.6 is 0 Å². The molecule has 0 spiro atoms. The second-order valence-electron chi connectivity index (χ2n) is 6.81. The third-order valence-electron chi connectivity index (χ3n) is 4.79. The molecule has 0 unspecified atom stereocenters. The predicted octanol–water partition coefficient (Wildman–Crippen LogP) is 3.85. The number of hydrogen-bond donors (Lipinski definition) is 2. The van der Waals surface area contributed by atoms with E-state index in [1.54, 1.807) is 36.4 Å². The van der Waals surface area contributed by atoms with E-state index in [2.05, 4.69) is 5.32 Å². The number of rotatable bonds is 3. The molecular weight excluding hydrogens is 326 g/mol. The Hall–Kier alpha value is -2.82. The van der Waals surface area contributed by atoms with E-state index >= 15 is 0 Å². The smallest absolute Gasteiger partial charge is 0.256 e. The molecule has 0 aliphatic carbocycles. The van der Waals surface area contributed by atoms with Crippen LogP contribution in [0.2, 0.25) is 0 Å². The predicted molar refractivity (Wildman–Crippen MR) is 104 cm³/mol. The molecule has 3 rings (SSSR count). The average molecular weight is 351 g/mol. The number of likely N-dealkylation sites (tertiary alicyclic amines) is 1. The second kappa shape index (κ2) is 8.04. The maximum Gasteiger partial charge on any atom is 0.256 e. The van der Waals surface area contributed by atoms with E-state index in [0.29, 0.717) is 22.5 Å². The highest BCUT2D eigenvalue weighted by molar-refractivity contribution is 6.06. The van der Waals surface area contributed by atoms with Crippen molar-refractivity contribution in [2.45, 2.75) is 32.6 Å². The maximum absolute atomic E-state index is 12.6. The number of hydrogen-bond acceptors (Lipinski definition) is 3. The Morgan fingerprint density at radius 2 is 1.62 bits per heavy atom. The molecule has 3 N–H and O–H groups in total. The van der Waals surface area contributed by atoms with Crippen LogP contribution in [0.1, 0.15) is 52.0 Å². The summed E-state index contributed by atoms with van der Waals surface area (Å²) in [6.07, 6.45) is 4.52. The zero-order valence-corrected chi connectivity index (χ0v) is 15.1. The highest BCUT2D eigenvalue weighted by Gasteiger charge is 2.17. The fourth-order valence-electron chi connectivity index (χ4n) is 3.24. The average Bonchev–Trinajstić information content (AvgIpc) is 2.93. The minimum atomic E-state index is -0.207. The van der Waals surface area contributed by atoms with Crippen LogP contribution < -0.4 is 11.1 Å². The minimum Gasteiger partial charge on any atom is -0.399 e. The van der Waals surface area contributed by atoms with Crippen LogP contribution in [0.15, 0.2) is 42.5 Å². The molecule has 0 bridgehead atoms. The van der Waals surface area contributed by atoms with E-state index in [0.717, 1.165) is 31.5 Å². The van der Waals surface area contributed by atoms with Gasteiger partial charge in [-0.05, 0) is 61.7 Å². The minimum absolute atomic E-state index is 0.0662.